The first-order valence-electron chi connectivity index (χ1n) is 7.40. The molecule has 0 saturated carbocycles. The van der Waals surface area contributed by atoms with Crippen molar-refractivity contribution in [3.8, 4) is 0 Å². The van der Waals surface area contributed by atoms with E-state index in [1.165, 1.54) is 21.4 Å². The monoisotopic (exact) mass is 316 g/mol. The van der Waals surface area contributed by atoms with Gasteiger partial charge < -0.3 is 5.11 Å². The van der Waals surface area contributed by atoms with Crippen LogP contribution >= 0.6 is 0 Å². The predicted octanol–water partition coefficient (Wildman–Crippen LogP) is -0.0198. The normalized spacial score (nSPS) is 20.5. The quantitative estimate of drug-likeness (QED) is 0.765. The van der Waals surface area contributed by atoms with Crippen LogP contribution in [-0.2, 0) is 16.6 Å². The van der Waals surface area contributed by atoms with Crippen LogP contribution in [0, 0.1) is 0 Å². The third-order valence-electron chi connectivity index (χ3n) is 4.03. The van der Waals surface area contributed by atoms with Crippen molar-refractivity contribution >= 4 is 10.0 Å². The van der Waals surface area contributed by atoms with Gasteiger partial charge in [0.25, 0.3) is 0 Å². The zero-order valence-corrected chi connectivity index (χ0v) is 13.5. The van der Waals surface area contributed by atoms with Crippen molar-refractivity contribution in [2.75, 3.05) is 32.8 Å². The van der Waals surface area contributed by atoms with Gasteiger partial charge in [-0.25, -0.2) is 8.42 Å². The summed E-state index contributed by atoms with van der Waals surface area (Å²) in [6.45, 7) is 7.39. The molecule has 2 rings (SSSR count). The van der Waals surface area contributed by atoms with E-state index in [1.54, 1.807) is 0 Å². The molecular weight excluding hydrogens is 292 g/mol. The van der Waals surface area contributed by atoms with Gasteiger partial charge in [0.1, 0.15) is 4.90 Å². The van der Waals surface area contributed by atoms with Gasteiger partial charge in [0.05, 0.1) is 19.3 Å². The third kappa shape index (κ3) is 3.45. The fourth-order valence-corrected chi connectivity index (χ4v) is 4.27. The van der Waals surface area contributed by atoms with Crippen LogP contribution in [0.3, 0.4) is 0 Å². The van der Waals surface area contributed by atoms with E-state index in [2.05, 4.69) is 23.8 Å². The number of aromatic nitrogens is 2. The van der Waals surface area contributed by atoms with Crippen LogP contribution in [0.4, 0.5) is 0 Å². The van der Waals surface area contributed by atoms with Crippen molar-refractivity contribution in [2.24, 2.45) is 0 Å². The predicted molar refractivity (Wildman–Crippen MR) is 79.4 cm³/mol. The first-order valence-corrected chi connectivity index (χ1v) is 8.84. The molecule has 1 fully saturated rings. The first-order chi connectivity index (χ1) is 10.0. The van der Waals surface area contributed by atoms with E-state index in [4.69, 9.17) is 5.11 Å². The molecule has 0 radical (unpaired) electrons. The Balaban J connectivity index is 2.10. The molecule has 1 aromatic heterocycles. The SMILES string of the molecule is CCN(CC)C1CCN(S(=O)(=O)c2cnn(CCO)c2)C1. The van der Waals surface area contributed by atoms with E-state index in [0.29, 0.717) is 25.7 Å². The van der Waals surface area contributed by atoms with E-state index in [-0.39, 0.29) is 11.5 Å². The third-order valence-corrected chi connectivity index (χ3v) is 5.85. The molecule has 1 atom stereocenters. The van der Waals surface area contributed by atoms with Gasteiger partial charge in [-0.1, -0.05) is 13.8 Å². The highest BCUT2D eigenvalue weighted by molar-refractivity contribution is 7.89. The number of sulfonamides is 1. The summed E-state index contributed by atoms with van der Waals surface area (Å²) in [6.07, 6.45) is 3.71. The van der Waals surface area contributed by atoms with Crippen LogP contribution in [0.2, 0.25) is 0 Å². The fraction of sp³-hybridized carbons (Fsp3) is 0.769. The molecule has 8 heteroatoms. The second-order valence-corrected chi connectivity index (χ2v) is 7.13. The Morgan fingerprint density at radius 2 is 2.14 bits per heavy atom. The van der Waals surface area contributed by atoms with E-state index >= 15 is 0 Å². The van der Waals surface area contributed by atoms with Crippen LogP contribution in [0.1, 0.15) is 20.3 Å². The Bertz CT molecular complexity index is 554. The molecule has 1 unspecified atom stereocenters. The van der Waals surface area contributed by atoms with Crippen LogP contribution in [0.15, 0.2) is 17.3 Å². The lowest BCUT2D eigenvalue weighted by molar-refractivity contribution is 0.224. The highest BCUT2D eigenvalue weighted by Crippen LogP contribution is 2.23. The minimum absolute atomic E-state index is 0.0606. The minimum atomic E-state index is -3.48. The van der Waals surface area contributed by atoms with E-state index in [0.717, 1.165) is 19.5 Å². The Hall–Kier alpha value is -0.960. The second-order valence-electron chi connectivity index (χ2n) is 5.19. The van der Waals surface area contributed by atoms with Crippen molar-refractivity contribution in [1.82, 2.24) is 19.0 Å². The first kappa shape index (κ1) is 16.4. The molecule has 1 N–H and O–H groups in total. The summed E-state index contributed by atoms with van der Waals surface area (Å²) < 4.78 is 28.2. The lowest BCUT2D eigenvalue weighted by Crippen LogP contribution is -2.38. The van der Waals surface area contributed by atoms with E-state index in [1.807, 2.05) is 0 Å². The molecular formula is C13H24N4O3S. The number of nitrogens with zero attached hydrogens (tertiary/aromatic N) is 4. The number of hydrogen-bond donors (Lipinski definition) is 1. The van der Waals surface area contributed by atoms with Crippen molar-refractivity contribution in [2.45, 2.75) is 37.8 Å². The van der Waals surface area contributed by atoms with E-state index in [9.17, 15) is 8.42 Å². The molecule has 1 aliphatic heterocycles. The number of likely N-dealkylation sites (N-methyl/N-ethyl adjacent to an activating group) is 1. The van der Waals surface area contributed by atoms with Crippen molar-refractivity contribution in [3.05, 3.63) is 12.4 Å². The smallest absolute Gasteiger partial charge is 0.246 e. The van der Waals surface area contributed by atoms with Crippen LogP contribution in [-0.4, -0.2) is 71.3 Å². The molecule has 0 aliphatic carbocycles. The maximum absolute atomic E-state index is 12.6. The van der Waals surface area contributed by atoms with Crippen LogP contribution in [0.5, 0.6) is 0 Å². The highest BCUT2D eigenvalue weighted by Gasteiger charge is 2.35. The van der Waals surface area contributed by atoms with Gasteiger partial charge in [0, 0.05) is 25.3 Å². The van der Waals surface area contributed by atoms with E-state index < -0.39 is 10.0 Å². The van der Waals surface area contributed by atoms with Gasteiger partial charge in [-0.15, -0.1) is 0 Å². The number of rotatable bonds is 7. The number of aliphatic hydroxyl groups is 1. The van der Waals surface area contributed by atoms with Crippen LogP contribution < -0.4 is 0 Å². The molecule has 0 aromatic carbocycles. The molecule has 21 heavy (non-hydrogen) atoms. The largest absolute Gasteiger partial charge is 0.394 e. The summed E-state index contributed by atoms with van der Waals surface area (Å²) in [6, 6.07) is 0.294. The zero-order valence-electron chi connectivity index (χ0n) is 12.6. The highest BCUT2D eigenvalue weighted by atomic mass is 32.2. The molecule has 0 bridgehead atoms. The number of aliphatic hydroxyl groups excluding tert-OH is 1. The summed E-state index contributed by atoms with van der Waals surface area (Å²) in [7, 11) is -3.48. The maximum Gasteiger partial charge on any atom is 0.246 e. The molecule has 2 heterocycles. The average Bonchev–Trinajstić information content (AvgIpc) is 3.10. The Kier molecular flexibility index (Phi) is 5.37. The lowest BCUT2D eigenvalue weighted by atomic mass is 10.2. The summed E-state index contributed by atoms with van der Waals surface area (Å²) in [5.41, 5.74) is 0. The standard InChI is InChI=1S/C13H24N4O3S/c1-3-15(4-2)12-5-6-17(10-12)21(19,20)13-9-14-16(11-13)7-8-18/h9,11-12,18H,3-8,10H2,1-2H3. The van der Waals surface area contributed by atoms with Gasteiger partial charge in [0.15, 0.2) is 0 Å². The summed E-state index contributed by atoms with van der Waals surface area (Å²) >= 11 is 0. The van der Waals surface area contributed by atoms with Crippen molar-refractivity contribution in [1.29, 1.82) is 0 Å². The molecule has 0 spiro atoms. The Morgan fingerprint density at radius 1 is 1.43 bits per heavy atom. The summed E-state index contributed by atoms with van der Waals surface area (Å²) in [4.78, 5) is 2.50. The van der Waals surface area contributed by atoms with Crippen molar-refractivity contribution in [3.63, 3.8) is 0 Å². The second kappa shape index (κ2) is 6.87. The van der Waals surface area contributed by atoms with Crippen LogP contribution in [0.25, 0.3) is 0 Å². The molecule has 7 nitrogen and oxygen atoms in total. The zero-order chi connectivity index (χ0) is 15.5. The average molecular weight is 316 g/mol. The summed E-state index contributed by atoms with van der Waals surface area (Å²) in [5, 5.41) is 12.8. The summed E-state index contributed by atoms with van der Waals surface area (Å²) in [5.74, 6) is 0. The lowest BCUT2D eigenvalue weighted by Gasteiger charge is -2.25. The van der Waals surface area contributed by atoms with Gasteiger partial charge in [0.2, 0.25) is 10.0 Å². The molecule has 1 saturated heterocycles. The molecule has 1 aromatic rings. The van der Waals surface area contributed by atoms with Crippen molar-refractivity contribution < 1.29 is 13.5 Å². The minimum Gasteiger partial charge on any atom is -0.394 e. The Labute approximate surface area is 126 Å². The fourth-order valence-electron chi connectivity index (χ4n) is 2.82. The van der Waals surface area contributed by atoms with Gasteiger partial charge in [-0.2, -0.15) is 9.40 Å². The molecule has 0 amide bonds. The molecule has 120 valence electrons. The number of hydrogen-bond acceptors (Lipinski definition) is 5. The molecule has 1 aliphatic rings. The van der Waals surface area contributed by atoms with Gasteiger partial charge in [-0.3, -0.25) is 9.58 Å². The Morgan fingerprint density at radius 3 is 2.76 bits per heavy atom. The van der Waals surface area contributed by atoms with Gasteiger partial charge >= 0.3 is 0 Å². The maximum atomic E-state index is 12.6. The van der Waals surface area contributed by atoms with Gasteiger partial charge in [-0.05, 0) is 19.5 Å². The topological polar surface area (TPSA) is 78.7 Å².